The molecule has 136 valence electrons. The standard InChI is InChI=1S/C17H29N3O3S/c1-16(2,3)12-11(23-10-22-9-8-21-7)13(17(4,5)6)20-15(19-12)14(18)24/h8-10H2,1-7H3,(H2,18,24). The molecule has 1 heterocycles. The Bertz CT molecular complexity index is 542. The van der Waals surface area contributed by atoms with Gasteiger partial charge in [0.25, 0.3) is 0 Å². The van der Waals surface area contributed by atoms with Crippen LogP contribution in [0.4, 0.5) is 0 Å². The second-order valence-electron chi connectivity index (χ2n) is 7.60. The van der Waals surface area contributed by atoms with Gasteiger partial charge in [-0.15, -0.1) is 0 Å². The molecule has 0 unspecified atom stereocenters. The summed E-state index contributed by atoms with van der Waals surface area (Å²) < 4.78 is 16.3. The lowest BCUT2D eigenvalue weighted by atomic mass is 9.85. The van der Waals surface area contributed by atoms with Crippen molar-refractivity contribution >= 4 is 17.2 Å². The molecule has 1 rings (SSSR count). The molecule has 0 aliphatic rings. The predicted octanol–water partition coefficient (Wildman–Crippen LogP) is 2.71. The first-order chi connectivity index (χ1) is 11.0. The third-order valence-electron chi connectivity index (χ3n) is 3.23. The highest BCUT2D eigenvalue weighted by atomic mass is 32.1. The van der Waals surface area contributed by atoms with Crippen LogP contribution in [0.15, 0.2) is 0 Å². The average molecular weight is 356 g/mol. The molecule has 0 saturated heterocycles. The molecule has 6 nitrogen and oxygen atoms in total. The quantitative estimate of drug-likeness (QED) is 0.457. The van der Waals surface area contributed by atoms with E-state index in [2.05, 4.69) is 51.5 Å². The van der Waals surface area contributed by atoms with Crippen LogP contribution >= 0.6 is 12.2 Å². The van der Waals surface area contributed by atoms with E-state index in [-0.39, 0.29) is 22.6 Å². The van der Waals surface area contributed by atoms with Crippen molar-refractivity contribution in [1.29, 1.82) is 0 Å². The number of thiocarbonyl (C=S) groups is 1. The van der Waals surface area contributed by atoms with Gasteiger partial charge in [-0.05, 0) is 0 Å². The highest BCUT2D eigenvalue weighted by Gasteiger charge is 2.31. The molecular weight excluding hydrogens is 326 g/mol. The van der Waals surface area contributed by atoms with E-state index in [9.17, 15) is 0 Å². The molecule has 1 aromatic heterocycles. The Hall–Kier alpha value is -1.31. The second-order valence-corrected chi connectivity index (χ2v) is 8.04. The molecule has 0 amide bonds. The van der Waals surface area contributed by atoms with Crippen molar-refractivity contribution < 1.29 is 14.2 Å². The lowest BCUT2D eigenvalue weighted by molar-refractivity contribution is -0.0104. The maximum atomic E-state index is 5.92. The maximum Gasteiger partial charge on any atom is 0.189 e. The molecule has 0 fully saturated rings. The Morgan fingerprint density at radius 1 is 1.00 bits per heavy atom. The fourth-order valence-electron chi connectivity index (χ4n) is 2.02. The van der Waals surface area contributed by atoms with Gasteiger partial charge in [-0.2, -0.15) is 0 Å². The summed E-state index contributed by atoms with van der Waals surface area (Å²) in [5, 5.41) is 0. The largest absolute Gasteiger partial charge is 0.464 e. The lowest BCUT2D eigenvalue weighted by Crippen LogP contribution is -2.27. The van der Waals surface area contributed by atoms with Crippen molar-refractivity contribution in [2.24, 2.45) is 5.73 Å². The Kier molecular flexibility index (Phi) is 7.07. The molecule has 0 aromatic carbocycles. The summed E-state index contributed by atoms with van der Waals surface area (Å²) in [4.78, 5) is 9.28. The third kappa shape index (κ3) is 5.65. The highest BCUT2D eigenvalue weighted by Crippen LogP contribution is 2.37. The number of nitrogens with zero attached hydrogens (tertiary/aromatic N) is 2. The van der Waals surface area contributed by atoms with Gasteiger partial charge < -0.3 is 19.9 Å². The average Bonchev–Trinajstić information content (AvgIpc) is 2.44. The molecule has 24 heavy (non-hydrogen) atoms. The lowest BCUT2D eigenvalue weighted by Gasteiger charge is -2.28. The van der Waals surface area contributed by atoms with Crippen LogP contribution in [0.2, 0.25) is 0 Å². The molecule has 7 heteroatoms. The van der Waals surface area contributed by atoms with Gasteiger partial charge in [-0.1, -0.05) is 53.8 Å². The van der Waals surface area contributed by atoms with Crippen molar-refractivity contribution in [2.75, 3.05) is 27.1 Å². The number of hydrogen-bond acceptors (Lipinski definition) is 6. The molecule has 0 aliphatic heterocycles. The fraction of sp³-hybridized carbons (Fsp3) is 0.706. The number of methoxy groups -OCH3 is 1. The first-order valence-corrected chi connectivity index (χ1v) is 8.31. The smallest absolute Gasteiger partial charge is 0.189 e. The van der Waals surface area contributed by atoms with E-state index in [4.69, 9.17) is 32.2 Å². The molecular formula is C17H29N3O3S. The van der Waals surface area contributed by atoms with E-state index in [1.165, 1.54) is 0 Å². The molecule has 0 saturated carbocycles. The zero-order valence-electron chi connectivity index (χ0n) is 15.7. The van der Waals surface area contributed by atoms with Gasteiger partial charge in [0.15, 0.2) is 18.4 Å². The van der Waals surface area contributed by atoms with Gasteiger partial charge in [-0.25, -0.2) is 9.97 Å². The Morgan fingerprint density at radius 2 is 1.50 bits per heavy atom. The molecule has 1 aromatic rings. The van der Waals surface area contributed by atoms with Gasteiger partial charge in [0.05, 0.1) is 24.6 Å². The van der Waals surface area contributed by atoms with E-state index < -0.39 is 0 Å². The SMILES string of the molecule is COCCOCOc1c(C(C)(C)C)nc(C(N)=S)nc1C(C)(C)C. The van der Waals surface area contributed by atoms with Crippen LogP contribution < -0.4 is 10.5 Å². The van der Waals surface area contributed by atoms with Gasteiger partial charge in [0, 0.05) is 17.9 Å². The minimum Gasteiger partial charge on any atom is -0.464 e. The highest BCUT2D eigenvalue weighted by molar-refractivity contribution is 7.80. The maximum absolute atomic E-state index is 5.92. The minimum absolute atomic E-state index is 0.102. The van der Waals surface area contributed by atoms with Crippen molar-refractivity contribution in [2.45, 2.75) is 52.4 Å². The Morgan fingerprint density at radius 3 is 1.88 bits per heavy atom. The summed E-state index contributed by atoms with van der Waals surface area (Å²) in [5.74, 6) is 1.000. The first kappa shape index (κ1) is 20.7. The second kappa shape index (κ2) is 8.18. The van der Waals surface area contributed by atoms with Crippen LogP contribution in [0.25, 0.3) is 0 Å². The number of rotatable bonds is 7. The summed E-state index contributed by atoms with van der Waals surface area (Å²) in [6, 6.07) is 0. The summed E-state index contributed by atoms with van der Waals surface area (Å²) in [5.41, 5.74) is 6.78. The molecule has 0 aliphatic carbocycles. The van der Waals surface area contributed by atoms with Gasteiger partial charge in [0.2, 0.25) is 0 Å². The van der Waals surface area contributed by atoms with E-state index in [0.29, 0.717) is 24.8 Å². The molecule has 2 N–H and O–H groups in total. The molecule has 0 atom stereocenters. The van der Waals surface area contributed by atoms with Crippen LogP contribution in [-0.4, -0.2) is 42.1 Å². The van der Waals surface area contributed by atoms with Crippen molar-refractivity contribution in [3.63, 3.8) is 0 Å². The van der Waals surface area contributed by atoms with E-state index in [1.807, 2.05) is 0 Å². The molecule has 0 spiro atoms. The summed E-state index contributed by atoms with van der Waals surface area (Å²) >= 11 is 5.08. The fourth-order valence-corrected chi connectivity index (χ4v) is 2.11. The van der Waals surface area contributed by atoms with Gasteiger partial charge in [0.1, 0.15) is 4.99 Å². The zero-order valence-corrected chi connectivity index (χ0v) is 16.5. The summed E-state index contributed by atoms with van der Waals surface area (Å²) in [6.45, 7) is 13.4. The van der Waals surface area contributed by atoms with Crippen LogP contribution in [0.5, 0.6) is 5.75 Å². The molecule has 0 radical (unpaired) electrons. The van der Waals surface area contributed by atoms with Crippen molar-refractivity contribution in [1.82, 2.24) is 9.97 Å². The summed E-state index contributed by atoms with van der Waals surface area (Å²) in [7, 11) is 1.63. The molecule has 0 bridgehead atoms. The van der Waals surface area contributed by atoms with Crippen LogP contribution in [0.1, 0.15) is 58.8 Å². The van der Waals surface area contributed by atoms with Crippen molar-refractivity contribution in [3.8, 4) is 5.75 Å². The van der Waals surface area contributed by atoms with Crippen LogP contribution in [0, 0.1) is 0 Å². The first-order valence-electron chi connectivity index (χ1n) is 7.90. The number of hydrogen-bond donors (Lipinski definition) is 1. The topological polar surface area (TPSA) is 79.5 Å². The van der Waals surface area contributed by atoms with Crippen LogP contribution in [-0.2, 0) is 20.3 Å². The predicted molar refractivity (Wildman–Crippen MR) is 98.6 cm³/mol. The van der Waals surface area contributed by atoms with E-state index in [1.54, 1.807) is 7.11 Å². The zero-order chi connectivity index (χ0) is 18.5. The monoisotopic (exact) mass is 355 g/mol. The third-order valence-corrected chi connectivity index (χ3v) is 3.41. The van der Waals surface area contributed by atoms with Crippen LogP contribution in [0.3, 0.4) is 0 Å². The van der Waals surface area contributed by atoms with Crippen molar-refractivity contribution in [3.05, 3.63) is 17.2 Å². The summed E-state index contributed by atoms with van der Waals surface area (Å²) in [6.07, 6.45) is 0. The number of nitrogens with two attached hydrogens (primary N) is 1. The van der Waals surface area contributed by atoms with Gasteiger partial charge in [-0.3, -0.25) is 0 Å². The Labute approximate surface area is 150 Å². The van der Waals surface area contributed by atoms with E-state index >= 15 is 0 Å². The Balaban J connectivity index is 3.32. The number of ether oxygens (including phenoxy) is 3. The van der Waals surface area contributed by atoms with E-state index in [0.717, 1.165) is 11.4 Å². The number of aromatic nitrogens is 2. The van der Waals surface area contributed by atoms with Gasteiger partial charge >= 0.3 is 0 Å². The minimum atomic E-state index is -0.260. The normalized spacial score (nSPS) is 12.3.